The highest BCUT2D eigenvalue weighted by Gasteiger charge is 2.44. The van der Waals surface area contributed by atoms with Gasteiger partial charge in [-0.15, -0.1) is 0 Å². The monoisotopic (exact) mass is 373 g/mol. The highest BCUT2D eigenvalue weighted by atomic mass is 32.2. The first-order valence-electron chi connectivity index (χ1n) is 8.82. The zero-order chi connectivity index (χ0) is 18.6. The highest BCUT2D eigenvalue weighted by Crippen LogP contribution is 2.29. The van der Waals surface area contributed by atoms with Gasteiger partial charge in [0.25, 0.3) is 0 Å². The second kappa shape index (κ2) is 7.91. The van der Waals surface area contributed by atoms with Crippen LogP contribution in [0.1, 0.15) is 25.3 Å². The minimum Gasteiger partial charge on any atom is -0.447 e. The summed E-state index contributed by atoms with van der Waals surface area (Å²) in [4.78, 5) is 14.1. The molecule has 0 saturated carbocycles. The topological polar surface area (TPSA) is 63.7 Å². The molecule has 2 atom stereocenters. The Morgan fingerprint density at radius 1 is 1.08 bits per heavy atom. The molecule has 1 saturated heterocycles. The molecule has 138 valence electrons. The second-order valence-corrected chi connectivity index (χ2v) is 8.53. The zero-order valence-electron chi connectivity index (χ0n) is 14.7. The van der Waals surface area contributed by atoms with Crippen molar-refractivity contribution in [2.75, 3.05) is 6.61 Å². The molecule has 0 N–H and O–H groups in total. The van der Waals surface area contributed by atoms with Gasteiger partial charge in [-0.3, -0.25) is 4.90 Å². The molecule has 0 aromatic heterocycles. The second-order valence-electron chi connectivity index (χ2n) is 6.43. The molecule has 3 rings (SSSR count). The van der Waals surface area contributed by atoms with E-state index in [1.54, 1.807) is 30.3 Å². The lowest BCUT2D eigenvalue weighted by Crippen LogP contribution is -2.47. The number of hydrogen-bond acceptors (Lipinski definition) is 4. The van der Waals surface area contributed by atoms with Crippen LogP contribution >= 0.6 is 0 Å². The Balaban J connectivity index is 1.93. The van der Waals surface area contributed by atoms with Crippen LogP contribution in [0.15, 0.2) is 65.6 Å². The number of carbonyl (C=O) groups excluding carboxylic acids is 1. The number of amides is 1. The van der Waals surface area contributed by atoms with Crippen LogP contribution in [0.5, 0.6) is 0 Å². The fourth-order valence-corrected chi connectivity index (χ4v) is 5.28. The van der Waals surface area contributed by atoms with Gasteiger partial charge in [-0.25, -0.2) is 13.2 Å². The van der Waals surface area contributed by atoms with E-state index < -0.39 is 21.3 Å². The fourth-order valence-electron chi connectivity index (χ4n) is 3.33. The van der Waals surface area contributed by atoms with Crippen LogP contribution in [0.3, 0.4) is 0 Å². The molecule has 0 aliphatic carbocycles. The number of carbonyl (C=O) groups is 1. The van der Waals surface area contributed by atoms with Crippen molar-refractivity contribution in [1.29, 1.82) is 0 Å². The predicted octanol–water partition coefficient (Wildman–Crippen LogP) is 3.65. The molecule has 0 bridgehead atoms. The summed E-state index contributed by atoms with van der Waals surface area (Å²) in [5.41, 5.74) is 1.05. The van der Waals surface area contributed by atoms with E-state index in [2.05, 4.69) is 0 Å². The molecule has 2 aromatic rings. The Kier molecular flexibility index (Phi) is 5.61. The summed E-state index contributed by atoms with van der Waals surface area (Å²) in [7, 11) is -3.68. The lowest BCUT2D eigenvalue weighted by atomic mass is 10.1. The summed E-state index contributed by atoms with van der Waals surface area (Å²) >= 11 is 0. The molecule has 0 spiro atoms. The molecular weight excluding hydrogens is 350 g/mol. The molecule has 1 aliphatic rings. The van der Waals surface area contributed by atoms with E-state index in [4.69, 9.17) is 4.74 Å². The van der Waals surface area contributed by atoms with Crippen LogP contribution in [0.4, 0.5) is 4.79 Å². The van der Waals surface area contributed by atoms with Crippen molar-refractivity contribution in [2.45, 2.75) is 42.5 Å². The first-order valence-corrected chi connectivity index (χ1v) is 10.4. The lowest BCUT2D eigenvalue weighted by molar-refractivity contribution is 0.152. The summed E-state index contributed by atoms with van der Waals surface area (Å²) in [5.74, 6) is 0. The maximum Gasteiger partial charge on any atom is 0.411 e. The van der Waals surface area contributed by atoms with Gasteiger partial charge in [0.1, 0.15) is 12.0 Å². The van der Waals surface area contributed by atoms with Crippen molar-refractivity contribution in [1.82, 2.24) is 4.90 Å². The smallest absolute Gasteiger partial charge is 0.411 e. The average Bonchev–Trinajstić information content (AvgIpc) is 3.01. The first-order chi connectivity index (χ1) is 12.5. The number of benzene rings is 2. The normalized spacial score (nSPS) is 18.6. The van der Waals surface area contributed by atoms with Gasteiger partial charge in [0.15, 0.2) is 9.84 Å². The third-order valence-electron chi connectivity index (χ3n) is 4.59. The minimum absolute atomic E-state index is 0.207. The SMILES string of the molecule is CCC[C@H](N1C(=O)OC[C@@H]1Cc1ccccc1)S(=O)(=O)c1ccccc1. The number of rotatable bonds is 7. The van der Waals surface area contributed by atoms with Gasteiger partial charge in [-0.1, -0.05) is 61.9 Å². The van der Waals surface area contributed by atoms with Gasteiger partial charge in [0, 0.05) is 0 Å². The van der Waals surface area contributed by atoms with Crippen LogP contribution in [-0.4, -0.2) is 37.4 Å². The molecule has 26 heavy (non-hydrogen) atoms. The Hall–Kier alpha value is -2.34. The predicted molar refractivity (Wildman–Crippen MR) is 99.4 cm³/mol. The molecule has 0 unspecified atom stereocenters. The van der Waals surface area contributed by atoms with E-state index in [9.17, 15) is 13.2 Å². The van der Waals surface area contributed by atoms with Crippen LogP contribution in [0.25, 0.3) is 0 Å². The van der Waals surface area contributed by atoms with E-state index >= 15 is 0 Å². The average molecular weight is 373 g/mol. The number of hydrogen-bond donors (Lipinski definition) is 0. The number of cyclic esters (lactones) is 1. The summed E-state index contributed by atoms with van der Waals surface area (Å²) in [6, 6.07) is 17.8. The summed E-state index contributed by atoms with van der Waals surface area (Å²) in [6.07, 6.45) is 1.04. The van der Waals surface area contributed by atoms with E-state index in [0.29, 0.717) is 19.3 Å². The Morgan fingerprint density at radius 3 is 2.31 bits per heavy atom. The Bertz CT molecular complexity index is 837. The highest BCUT2D eigenvalue weighted by molar-refractivity contribution is 7.92. The van der Waals surface area contributed by atoms with Crippen molar-refractivity contribution >= 4 is 15.9 Å². The van der Waals surface area contributed by atoms with Crippen LogP contribution in [0, 0.1) is 0 Å². The zero-order valence-corrected chi connectivity index (χ0v) is 15.6. The quantitative estimate of drug-likeness (QED) is 0.743. The first kappa shape index (κ1) is 18.5. The van der Waals surface area contributed by atoms with Gasteiger partial charge in [0.2, 0.25) is 0 Å². The van der Waals surface area contributed by atoms with Crippen molar-refractivity contribution in [2.24, 2.45) is 0 Å². The molecule has 0 radical (unpaired) electrons. The molecule has 1 amide bonds. The molecule has 6 heteroatoms. The van der Waals surface area contributed by atoms with Crippen molar-refractivity contribution < 1.29 is 17.9 Å². The standard InChI is InChI=1S/C20H23NO4S/c1-2-9-19(26(23,24)18-12-7-4-8-13-18)21-17(15-25-20(21)22)14-16-10-5-3-6-11-16/h3-8,10-13,17,19H,2,9,14-15H2,1H3/t17-,19+/m0/s1. The van der Waals surface area contributed by atoms with Crippen molar-refractivity contribution in [3.8, 4) is 0 Å². The minimum atomic E-state index is -3.68. The maximum atomic E-state index is 13.2. The molecule has 2 aromatic carbocycles. The van der Waals surface area contributed by atoms with Crippen LogP contribution < -0.4 is 0 Å². The van der Waals surface area contributed by atoms with E-state index in [0.717, 1.165) is 5.56 Å². The molecule has 1 aliphatic heterocycles. The molecule has 5 nitrogen and oxygen atoms in total. The largest absolute Gasteiger partial charge is 0.447 e. The number of ether oxygens (including phenoxy) is 1. The van der Waals surface area contributed by atoms with E-state index in [-0.39, 0.29) is 17.5 Å². The fraction of sp³-hybridized carbons (Fsp3) is 0.350. The van der Waals surface area contributed by atoms with Crippen LogP contribution in [0.2, 0.25) is 0 Å². The molecular formula is C20H23NO4S. The van der Waals surface area contributed by atoms with Crippen molar-refractivity contribution in [3.05, 3.63) is 66.2 Å². The summed E-state index contributed by atoms with van der Waals surface area (Å²) in [6.45, 7) is 2.12. The van der Waals surface area contributed by atoms with E-state index in [1.165, 1.54) is 4.90 Å². The summed E-state index contributed by atoms with van der Waals surface area (Å²) in [5, 5.41) is -0.918. The lowest BCUT2D eigenvalue weighted by Gasteiger charge is -2.30. The van der Waals surface area contributed by atoms with Gasteiger partial charge in [-0.05, 0) is 30.5 Å². The number of nitrogens with zero attached hydrogens (tertiary/aromatic N) is 1. The molecule has 1 heterocycles. The Labute approximate surface area is 154 Å². The van der Waals surface area contributed by atoms with Gasteiger partial charge in [-0.2, -0.15) is 0 Å². The maximum absolute atomic E-state index is 13.2. The van der Waals surface area contributed by atoms with E-state index in [1.807, 2.05) is 37.3 Å². The third kappa shape index (κ3) is 3.75. The van der Waals surface area contributed by atoms with Gasteiger partial charge in [0.05, 0.1) is 10.9 Å². The summed E-state index contributed by atoms with van der Waals surface area (Å²) < 4.78 is 31.6. The Morgan fingerprint density at radius 2 is 1.69 bits per heavy atom. The van der Waals surface area contributed by atoms with Crippen molar-refractivity contribution in [3.63, 3.8) is 0 Å². The molecule has 1 fully saturated rings. The number of sulfone groups is 1. The van der Waals surface area contributed by atoms with Gasteiger partial charge >= 0.3 is 6.09 Å². The van der Waals surface area contributed by atoms with Crippen LogP contribution in [-0.2, 0) is 21.0 Å². The third-order valence-corrected chi connectivity index (χ3v) is 6.70. The van der Waals surface area contributed by atoms with Gasteiger partial charge < -0.3 is 4.74 Å².